The van der Waals surface area contributed by atoms with Gasteiger partial charge in [-0.1, -0.05) is 42.5 Å². The van der Waals surface area contributed by atoms with Gasteiger partial charge in [0.1, 0.15) is 0 Å². The molecule has 0 bridgehead atoms. The molecule has 1 N–H and O–H groups in total. The summed E-state index contributed by atoms with van der Waals surface area (Å²) < 4.78 is 37.9. The molecule has 1 heterocycles. The maximum absolute atomic E-state index is 12.6. The van der Waals surface area contributed by atoms with Crippen molar-refractivity contribution in [1.82, 2.24) is 10.2 Å². The van der Waals surface area contributed by atoms with Crippen LogP contribution in [0.1, 0.15) is 29.5 Å². The molecule has 1 fully saturated rings. The molecule has 144 valence electrons. The lowest BCUT2D eigenvalue weighted by Gasteiger charge is -2.32. The van der Waals surface area contributed by atoms with Gasteiger partial charge in [-0.3, -0.25) is 9.69 Å². The smallest absolute Gasteiger partial charge is 0.353 e. The largest absolute Gasteiger partial charge is 0.416 e. The van der Waals surface area contributed by atoms with E-state index in [1.807, 2.05) is 30.3 Å². The van der Waals surface area contributed by atoms with E-state index in [9.17, 15) is 18.0 Å². The minimum Gasteiger partial charge on any atom is -0.353 e. The molecule has 27 heavy (non-hydrogen) atoms. The molecule has 0 spiro atoms. The number of hydrogen-bond acceptors (Lipinski definition) is 2. The van der Waals surface area contributed by atoms with E-state index >= 15 is 0 Å². The fourth-order valence-electron chi connectivity index (χ4n) is 3.35. The molecule has 1 amide bonds. The average molecular weight is 376 g/mol. The number of carbonyl (C=O) groups is 1. The quantitative estimate of drug-likeness (QED) is 0.855. The van der Waals surface area contributed by atoms with Crippen molar-refractivity contribution >= 4 is 5.91 Å². The van der Waals surface area contributed by atoms with Gasteiger partial charge in [0.15, 0.2) is 0 Å². The predicted octanol–water partition coefficient (Wildman–Crippen LogP) is 4.03. The van der Waals surface area contributed by atoms with Crippen LogP contribution in [0.15, 0.2) is 54.6 Å². The Labute approximate surface area is 157 Å². The number of rotatable bonds is 5. The van der Waals surface area contributed by atoms with Crippen molar-refractivity contribution in [3.63, 3.8) is 0 Å². The van der Waals surface area contributed by atoms with Crippen LogP contribution in [0.4, 0.5) is 13.2 Å². The Bertz CT molecular complexity index is 736. The normalized spacial score (nSPS) is 16.3. The molecule has 2 aromatic rings. The molecule has 1 aliphatic rings. The van der Waals surface area contributed by atoms with Gasteiger partial charge in [-0.2, -0.15) is 13.2 Å². The van der Waals surface area contributed by atoms with Crippen molar-refractivity contribution in [3.05, 3.63) is 71.3 Å². The first-order chi connectivity index (χ1) is 12.9. The minimum atomic E-state index is -4.30. The molecule has 0 unspecified atom stereocenters. The van der Waals surface area contributed by atoms with Crippen molar-refractivity contribution in [3.8, 4) is 0 Å². The Morgan fingerprint density at radius 1 is 0.963 bits per heavy atom. The van der Waals surface area contributed by atoms with E-state index in [-0.39, 0.29) is 11.9 Å². The second-order valence-electron chi connectivity index (χ2n) is 6.97. The van der Waals surface area contributed by atoms with Gasteiger partial charge < -0.3 is 5.32 Å². The van der Waals surface area contributed by atoms with E-state index in [1.54, 1.807) is 0 Å². The van der Waals surface area contributed by atoms with E-state index in [2.05, 4.69) is 10.2 Å². The first kappa shape index (κ1) is 19.4. The highest BCUT2D eigenvalue weighted by atomic mass is 19.4. The van der Waals surface area contributed by atoms with Crippen LogP contribution in [0, 0.1) is 0 Å². The van der Waals surface area contributed by atoms with Crippen LogP contribution in [0.5, 0.6) is 0 Å². The highest BCUT2D eigenvalue weighted by Gasteiger charge is 2.30. The van der Waals surface area contributed by atoms with Crippen LogP contribution >= 0.6 is 0 Å². The predicted molar refractivity (Wildman–Crippen MR) is 98.0 cm³/mol. The van der Waals surface area contributed by atoms with Crippen LogP contribution < -0.4 is 5.32 Å². The van der Waals surface area contributed by atoms with Crippen LogP contribution in [-0.4, -0.2) is 29.9 Å². The van der Waals surface area contributed by atoms with Gasteiger partial charge in [0.25, 0.3) is 0 Å². The Hall–Kier alpha value is -2.34. The van der Waals surface area contributed by atoms with E-state index in [0.29, 0.717) is 13.0 Å². The van der Waals surface area contributed by atoms with Gasteiger partial charge in [-0.05, 0) is 36.1 Å². The monoisotopic (exact) mass is 376 g/mol. The number of nitrogens with zero attached hydrogens (tertiary/aromatic N) is 1. The second kappa shape index (κ2) is 8.57. The molecule has 0 atom stereocenters. The number of hydrogen-bond donors (Lipinski definition) is 1. The van der Waals surface area contributed by atoms with Crippen molar-refractivity contribution in [2.45, 2.75) is 38.0 Å². The number of amides is 1. The average Bonchev–Trinajstić information content (AvgIpc) is 2.64. The maximum atomic E-state index is 12.6. The summed E-state index contributed by atoms with van der Waals surface area (Å²) in [6, 6.07) is 15.1. The molecule has 3 nitrogen and oxygen atoms in total. The van der Waals surface area contributed by atoms with Crippen LogP contribution in [0.25, 0.3) is 0 Å². The molecule has 0 radical (unpaired) electrons. The number of nitrogens with one attached hydrogen (secondary N) is 1. The maximum Gasteiger partial charge on any atom is 0.416 e. The van der Waals surface area contributed by atoms with Gasteiger partial charge in [-0.15, -0.1) is 0 Å². The molecule has 3 rings (SSSR count). The zero-order chi connectivity index (χ0) is 19.3. The molecular formula is C21H23F3N2O. The molecule has 1 saturated heterocycles. The van der Waals surface area contributed by atoms with E-state index in [1.165, 1.54) is 12.1 Å². The number of benzene rings is 2. The van der Waals surface area contributed by atoms with Gasteiger partial charge in [-0.25, -0.2) is 0 Å². The van der Waals surface area contributed by atoms with Crippen molar-refractivity contribution in [2.24, 2.45) is 0 Å². The fraction of sp³-hybridized carbons (Fsp3) is 0.381. The summed E-state index contributed by atoms with van der Waals surface area (Å²) >= 11 is 0. The number of piperidine rings is 1. The molecule has 2 aromatic carbocycles. The fourth-order valence-corrected chi connectivity index (χ4v) is 3.35. The third kappa shape index (κ3) is 5.82. The van der Waals surface area contributed by atoms with Crippen molar-refractivity contribution < 1.29 is 18.0 Å². The van der Waals surface area contributed by atoms with Crippen LogP contribution in [0.2, 0.25) is 0 Å². The van der Waals surface area contributed by atoms with Crippen molar-refractivity contribution in [1.29, 1.82) is 0 Å². The number of halogens is 3. The highest BCUT2D eigenvalue weighted by Crippen LogP contribution is 2.29. The molecule has 1 aliphatic heterocycles. The molecule has 0 aromatic heterocycles. The Kier molecular flexibility index (Phi) is 6.16. The van der Waals surface area contributed by atoms with Crippen LogP contribution in [0.3, 0.4) is 0 Å². The standard InChI is InChI=1S/C21H23F3N2O/c22-21(23,24)18-8-6-17(7-9-18)15-26-12-10-19(11-13-26)25-20(27)14-16-4-2-1-3-5-16/h1-9,19H,10-15H2,(H,25,27). The number of alkyl halides is 3. The zero-order valence-electron chi connectivity index (χ0n) is 15.0. The van der Waals surface area contributed by atoms with Gasteiger partial charge in [0.05, 0.1) is 12.0 Å². The van der Waals surface area contributed by atoms with Gasteiger partial charge in [0.2, 0.25) is 5.91 Å². The molecule has 6 heteroatoms. The number of carbonyl (C=O) groups excluding carboxylic acids is 1. The summed E-state index contributed by atoms with van der Waals surface area (Å²) in [5.41, 5.74) is 1.25. The Morgan fingerprint density at radius 2 is 1.59 bits per heavy atom. The van der Waals surface area contributed by atoms with Gasteiger partial charge >= 0.3 is 6.18 Å². The minimum absolute atomic E-state index is 0.0300. The lowest BCUT2D eigenvalue weighted by atomic mass is 10.0. The summed E-state index contributed by atoms with van der Waals surface area (Å²) in [6.07, 6.45) is -2.22. The lowest BCUT2D eigenvalue weighted by Crippen LogP contribution is -2.44. The first-order valence-corrected chi connectivity index (χ1v) is 9.12. The third-order valence-corrected chi connectivity index (χ3v) is 4.85. The third-order valence-electron chi connectivity index (χ3n) is 4.85. The number of likely N-dealkylation sites (tertiary alicyclic amines) is 1. The Balaban J connectivity index is 1.43. The van der Waals surface area contributed by atoms with E-state index in [4.69, 9.17) is 0 Å². The summed E-state index contributed by atoms with van der Waals surface area (Å²) in [7, 11) is 0. The topological polar surface area (TPSA) is 32.3 Å². The lowest BCUT2D eigenvalue weighted by molar-refractivity contribution is -0.137. The van der Waals surface area contributed by atoms with E-state index < -0.39 is 11.7 Å². The summed E-state index contributed by atoms with van der Waals surface area (Å²) in [5.74, 6) is 0.0300. The zero-order valence-corrected chi connectivity index (χ0v) is 15.0. The summed E-state index contributed by atoms with van der Waals surface area (Å²) in [4.78, 5) is 14.4. The highest BCUT2D eigenvalue weighted by molar-refractivity contribution is 5.78. The molecule has 0 aliphatic carbocycles. The summed E-state index contributed by atoms with van der Waals surface area (Å²) in [5, 5.41) is 3.09. The van der Waals surface area contributed by atoms with Gasteiger partial charge in [0, 0.05) is 25.7 Å². The Morgan fingerprint density at radius 3 is 2.19 bits per heavy atom. The summed E-state index contributed by atoms with van der Waals surface area (Å²) in [6.45, 7) is 2.26. The van der Waals surface area contributed by atoms with Crippen LogP contribution in [-0.2, 0) is 23.9 Å². The molecule has 0 saturated carbocycles. The van der Waals surface area contributed by atoms with E-state index in [0.717, 1.165) is 49.2 Å². The SMILES string of the molecule is O=C(Cc1ccccc1)NC1CCN(Cc2ccc(C(F)(F)F)cc2)CC1. The first-order valence-electron chi connectivity index (χ1n) is 9.12. The molecular weight excluding hydrogens is 353 g/mol. The van der Waals surface area contributed by atoms with Crippen molar-refractivity contribution in [2.75, 3.05) is 13.1 Å². The second-order valence-corrected chi connectivity index (χ2v) is 6.97.